The van der Waals surface area contributed by atoms with Crippen molar-refractivity contribution in [3.8, 4) is 5.69 Å². The average Bonchev–Trinajstić information content (AvgIpc) is 3.40. The predicted molar refractivity (Wildman–Crippen MR) is 114 cm³/mol. The van der Waals surface area contributed by atoms with Crippen LogP contribution in [0.25, 0.3) is 22.4 Å². The zero-order chi connectivity index (χ0) is 20.7. The van der Waals surface area contributed by atoms with Crippen LogP contribution in [0.1, 0.15) is 24.2 Å². The van der Waals surface area contributed by atoms with E-state index in [0.29, 0.717) is 40.2 Å². The van der Waals surface area contributed by atoms with Gasteiger partial charge in [-0.05, 0) is 31.2 Å². The van der Waals surface area contributed by atoms with Crippen LogP contribution < -0.4 is 5.56 Å². The first kappa shape index (κ1) is 18.6. The molecule has 8 nitrogen and oxygen atoms in total. The number of aromatic nitrogens is 6. The molecule has 0 aliphatic rings. The van der Waals surface area contributed by atoms with Crippen LogP contribution in [0.15, 0.2) is 63.0 Å². The van der Waals surface area contributed by atoms with Gasteiger partial charge in [0, 0.05) is 6.42 Å². The second-order valence-corrected chi connectivity index (χ2v) is 7.80. The van der Waals surface area contributed by atoms with Crippen LogP contribution >= 0.6 is 11.8 Å². The minimum Gasteiger partial charge on any atom is -0.339 e. The summed E-state index contributed by atoms with van der Waals surface area (Å²) in [5.41, 5.74) is 2.50. The largest absolute Gasteiger partial charge is 0.339 e. The van der Waals surface area contributed by atoms with E-state index in [1.165, 1.54) is 11.8 Å². The molecule has 0 aliphatic carbocycles. The number of hydrogen-bond donors (Lipinski definition) is 0. The molecule has 0 saturated heterocycles. The summed E-state index contributed by atoms with van der Waals surface area (Å²) in [5, 5.41) is 14.0. The van der Waals surface area contributed by atoms with Crippen molar-refractivity contribution in [2.45, 2.75) is 31.2 Å². The van der Waals surface area contributed by atoms with Gasteiger partial charge in [0.15, 0.2) is 11.0 Å². The molecule has 0 atom stereocenters. The third-order valence-corrected chi connectivity index (χ3v) is 5.75. The molecule has 9 heteroatoms. The van der Waals surface area contributed by atoms with Crippen molar-refractivity contribution in [2.24, 2.45) is 0 Å². The van der Waals surface area contributed by atoms with Crippen LogP contribution in [0.2, 0.25) is 0 Å². The van der Waals surface area contributed by atoms with Crippen LogP contribution in [0.5, 0.6) is 0 Å². The second kappa shape index (κ2) is 7.42. The highest BCUT2D eigenvalue weighted by atomic mass is 32.2. The molecule has 3 heterocycles. The molecular weight excluding hydrogens is 400 g/mol. The number of thioether (sulfide) groups is 1. The molecule has 0 fully saturated rings. The summed E-state index contributed by atoms with van der Waals surface area (Å²) in [5.74, 6) is 2.16. The lowest BCUT2D eigenvalue weighted by Crippen LogP contribution is -2.21. The Kier molecular flexibility index (Phi) is 4.59. The predicted octanol–water partition coefficient (Wildman–Crippen LogP) is 3.58. The van der Waals surface area contributed by atoms with E-state index in [4.69, 9.17) is 4.52 Å². The maximum Gasteiger partial charge on any atom is 0.267 e. The quantitative estimate of drug-likeness (QED) is 0.403. The minimum absolute atomic E-state index is 0.128. The normalized spacial score (nSPS) is 11.5. The fourth-order valence-corrected chi connectivity index (χ4v) is 4.10. The minimum atomic E-state index is -0.128. The highest BCUT2D eigenvalue weighted by Crippen LogP contribution is 2.25. The van der Waals surface area contributed by atoms with E-state index in [0.717, 1.165) is 16.8 Å². The van der Waals surface area contributed by atoms with E-state index >= 15 is 0 Å². The van der Waals surface area contributed by atoms with Gasteiger partial charge in [-0.1, -0.05) is 53.7 Å². The van der Waals surface area contributed by atoms with Gasteiger partial charge in [0.2, 0.25) is 11.7 Å². The highest BCUT2D eigenvalue weighted by Gasteiger charge is 2.18. The molecule has 0 amide bonds. The lowest BCUT2D eigenvalue weighted by atomic mass is 10.2. The molecule has 0 aliphatic heterocycles. The molecular formula is C21H18N6O2S. The van der Waals surface area contributed by atoms with E-state index in [9.17, 15) is 4.79 Å². The molecule has 0 saturated carbocycles. The van der Waals surface area contributed by atoms with Gasteiger partial charge >= 0.3 is 0 Å². The van der Waals surface area contributed by atoms with Gasteiger partial charge in [0.25, 0.3) is 5.56 Å². The van der Waals surface area contributed by atoms with Gasteiger partial charge in [0.1, 0.15) is 0 Å². The first-order valence-electron chi connectivity index (χ1n) is 9.56. The standard InChI is InChI=1S/C21H18N6O2S/c1-3-18-22-17(25-29-18)12-30-21-24-23-20-26(14-10-8-13(2)9-11-14)19(28)15-6-4-5-7-16(15)27(20)21/h4-11H,3,12H2,1-2H3. The molecule has 0 radical (unpaired) electrons. The van der Waals surface area contributed by atoms with E-state index < -0.39 is 0 Å². The lowest BCUT2D eigenvalue weighted by Gasteiger charge is -2.11. The summed E-state index contributed by atoms with van der Waals surface area (Å²) in [6.45, 7) is 3.98. The number of benzene rings is 2. The van der Waals surface area contributed by atoms with Crippen molar-refractivity contribution in [3.63, 3.8) is 0 Å². The molecule has 0 unspecified atom stereocenters. The summed E-state index contributed by atoms with van der Waals surface area (Å²) in [6, 6.07) is 15.3. The summed E-state index contributed by atoms with van der Waals surface area (Å²) >= 11 is 1.45. The maximum absolute atomic E-state index is 13.3. The Morgan fingerprint density at radius 1 is 1.07 bits per heavy atom. The molecule has 0 spiro atoms. The molecule has 5 rings (SSSR count). The van der Waals surface area contributed by atoms with Crippen molar-refractivity contribution in [1.29, 1.82) is 0 Å². The topological polar surface area (TPSA) is 91.1 Å². The van der Waals surface area contributed by atoms with E-state index in [1.54, 1.807) is 4.57 Å². The third kappa shape index (κ3) is 3.07. The Morgan fingerprint density at radius 3 is 2.63 bits per heavy atom. The van der Waals surface area contributed by atoms with Gasteiger partial charge in [-0.25, -0.2) is 4.57 Å². The van der Waals surface area contributed by atoms with Crippen molar-refractivity contribution in [1.82, 2.24) is 29.3 Å². The van der Waals surface area contributed by atoms with Crippen molar-refractivity contribution in [3.05, 3.63) is 76.2 Å². The fourth-order valence-electron chi connectivity index (χ4n) is 3.32. The molecule has 0 bridgehead atoms. The van der Waals surface area contributed by atoms with E-state index in [2.05, 4.69) is 20.3 Å². The van der Waals surface area contributed by atoms with Gasteiger partial charge < -0.3 is 4.52 Å². The molecule has 0 N–H and O–H groups in total. The van der Waals surface area contributed by atoms with Crippen LogP contribution in [0, 0.1) is 6.92 Å². The third-order valence-electron chi connectivity index (χ3n) is 4.83. The van der Waals surface area contributed by atoms with Gasteiger partial charge in [0.05, 0.1) is 22.3 Å². The number of nitrogens with zero attached hydrogens (tertiary/aromatic N) is 6. The molecule has 5 aromatic rings. The second-order valence-electron chi connectivity index (χ2n) is 6.86. The van der Waals surface area contributed by atoms with E-state index in [1.807, 2.05) is 66.8 Å². The first-order chi connectivity index (χ1) is 14.7. The maximum atomic E-state index is 13.3. The number of para-hydroxylation sites is 1. The van der Waals surface area contributed by atoms with Crippen LogP contribution in [0.3, 0.4) is 0 Å². The zero-order valence-corrected chi connectivity index (χ0v) is 17.3. The SMILES string of the molecule is CCc1nc(CSc2nnc3n(-c4ccc(C)cc4)c(=O)c4ccccc4n23)no1. The highest BCUT2D eigenvalue weighted by molar-refractivity contribution is 7.98. The van der Waals surface area contributed by atoms with Gasteiger partial charge in [-0.15, -0.1) is 10.2 Å². The number of fused-ring (bicyclic) bond motifs is 3. The summed E-state index contributed by atoms with van der Waals surface area (Å²) in [6.07, 6.45) is 0.693. The van der Waals surface area contributed by atoms with Crippen molar-refractivity contribution < 1.29 is 4.52 Å². The van der Waals surface area contributed by atoms with Crippen molar-refractivity contribution >= 4 is 28.4 Å². The number of hydrogen-bond acceptors (Lipinski definition) is 7. The molecule has 30 heavy (non-hydrogen) atoms. The Hall–Kier alpha value is -3.46. The fraction of sp³-hybridized carbons (Fsp3) is 0.190. The van der Waals surface area contributed by atoms with Crippen molar-refractivity contribution in [2.75, 3.05) is 0 Å². The number of aryl methyl sites for hydroxylation is 2. The molecule has 3 aromatic heterocycles. The van der Waals surface area contributed by atoms with Gasteiger partial charge in [-0.2, -0.15) is 4.98 Å². The molecule has 150 valence electrons. The smallest absolute Gasteiger partial charge is 0.267 e. The Labute approximate surface area is 175 Å². The molecule has 2 aromatic carbocycles. The summed E-state index contributed by atoms with van der Waals surface area (Å²) < 4.78 is 8.69. The summed E-state index contributed by atoms with van der Waals surface area (Å²) in [7, 11) is 0. The average molecular weight is 418 g/mol. The van der Waals surface area contributed by atoms with Crippen LogP contribution in [-0.2, 0) is 12.2 Å². The zero-order valence-electron chi connectivity index (χ0n) is 16.4. The van der Waals surface area contributed by atoms with Gasteiger partial charge in [-0.3, -0.25) is 9.20 Å². The van der Waals surface area contributed by atoms with E-state index in [-0.39, 0.29) is 5.56 Å². The summed E-state index contributed by atoms with van der Waals surface area (Å²) in [4.78, 5) is 17.6. The monoisotopic (exact) mass is 418 g/mol. The Bertz CT molecular complexity index is 1420. The lowest BCUT2D eigenvalue weighted by molar-refractivity contribution is 0.378. The Balaban J connectivity index is 1.68. The number of rotatable bonds is 5. The van der Waals surface area contributed by atoms with Crippen LogP contribution in [0.4, 0.5) is 0 Å². The first-order valence-corrected chi connectivity index (χ1v) is 10.5. The Morgan fingerprint density at radius 2 is 1.87 bits per heavy atom. The van der Waals surface area contributed by atoms with Crippen LogP contribution in [-0.4, -0.2) is 29.3 Å².